The molecule has 0 saturated carbocycles. The number of aryl methyl sites for hydroxylation is 2. The highest BCUT2D eigenvalue weighted by Crippen LogP contribution is 2.13. The van der Waals surface area contributed by atoms with Crippen LogP contribution in [0.25, 0.3) is 0 Å². The molecular weight excluding hydrogens is 334 g/mol. The lowest BCUT2D eigenvalue weighted by atomic mass is 10.2. The van der Waals surface area contributed by atoms with Gasteiger partial charge in [-0.1, -0.05) is 11.8 Å². The molecule has 2 aromatic rings. The SMILES string of the molecule is CN(C)C(=O)c1cc(NC(=O)CSc2nnnn2C)c(=O)n(C)c1. The van der Waals surface area contributed by atoms with Gasteiger partial charge in [-0.05, 0) is 16.5 Å². The first kappa shape index (κ1) is 17.7. The first-order chi connectivity index (χ1) is 11.3. The molecule has 0 aliphatic rings. The number of carbonyl (C=O) groups is 2. The number of pyridine rings is 1. The fourth-order valence-corrected chi connectivity index (χ4v) is 2.49. The summed E-state index contributed by atoms with van der Waals surface area (Å²) in [4.78, 5) is 37.6. The third-order valence-electron chi connectivity index (χ3n) is 3.02. The van der Waals surface area contributed by atoms with E-state index in [9.17, 15) is 14.4 Å². The molecule has 2 rings (SSSR count). The minimum Gasteiger partial charge on any atom is -0.345 e. The predicted octanol–water partition coefficient (Wildman–Crippen LogP) is -0.659. The highest BCUT2D eigenvalue weighted by atomic mass is 32.2. The number of thioether (sulfide) groups is 1. The number of nitrogens with zero attached hydrogens (tertiary/aromatic N) is 6. The second-order valence-corrected chi connectivity index (χ2v) is 6.12. The normalized spacial score (nSPS) is 10.5. The molecule has 0 aliphatic heterocycles. The zero-order valence-electron chi connectivity index (χ0n) is 13.7. The van der Waals surface area contributed by atoms with Gasteiger partial charge >= 0.3 is 0 Å². The summed E-state index contributed by atoms with van der Waals surface area (Å²) in [7, 11) is 6.39. The van der Waals surface area contributed by atoms with Crippen LogP contribution in [-0.2, 0) is 18.9 Å². The van der Waals surface area contributed by atoms with E-state index in [0.717, 1.165) is 11.8 Å². The number of hydrogen-bond acceptors (Lipinski definition) is 7. The molecule has 10 nitrogen and oxygen atoms in total. The molecule has 0 spiro atoms. The molecule has 0 saturated heterocycles. The fourth-order valence-electron chi connectivity index (χ4n) is 1.84. The summed E-state index contributed by atoms with van der Waals surface area (Å²) in [5.74, 6) is -0.626. The second-order valence-electron chi connectivity index (χ2n) is 5.18. The molecule has 0 unspecified atom stereocenters. The lowest BCUT2D eigenvalue weighted by Crippen LogP contribution is -2.28. The zero-order chi connectivity index (χ0) is 17.9. The zero-order valence-corrected chi connectivity index (χ0v) is 14.5. The Hall–Kier alpha value is -2.69. The number of tetrazole rings is 1. The number of hydrogen-bond donors (Lipinski definition) is 1. The molecule has 128 valence electrons. The monoisotopic (exact) mass is 351 g/mol. The molecule has 2 aromatic heterocycles. The van der Waals surface area contributed by atoms with Crippen molar-refractivity contribution in [2.75, 3.05) is 25.2 Å². The average molecular weight is 351 g/mol. The summed E-state index contributed by atoms with van der Waals surface area (Å²) in [6.07, 6.45) is 1.43. The van der Waals surface area contributed by atoms with E-state index in [2.05, 4.69) is 20.8 Å². The Morgan fingerprint density at radius 3 is 2.62 bits per heavy atom. The van der Waals surface area contributed by atoms with E-state index in [-0.39, 0.29) is 17.3 Å². The van der Waals surface area contributed by atoms with E-state index < -0.39 is 11.5 Å². The number of rotatable bonds is 5. The number of anilines is 1. The molecule has 0 aromatic carbocycles. The van der Waals surface area contributed by atoms with Crippen LogP contribution in [0.1, 0.15) is 10.4 Å². The molecular formula is C13H17N7O3S. The lowest BCUT2D eigenvalue weighted by Gasteiger charge is -2.13. The van der Waals surface area contributed by atoms with Gasteiger partial charge in [0.1, 0.15) is 5.69 Å². The maximum atomic E-state index is 12.1. The Balaban J connectivity index is 2.13. The fraction of sp³-hybridized carbons (Fsp3) is 0.385. The van der Waals surface area contributed by atoms with Crippen molar-refractivity contribution in [3.8, 4) is 0 Å². The summed E-state index contributed by atoms with van der Waals surface area (Å²) in [6.45, 7) is 0. The molecule has 1 N–H and O–H groups in total. The Bertz CT molecular complexity index is 827. The van der Waals surface area contributed by atoms with Gasteiger partial charge in [-0.2, -0.15) is 0 Å². The van der Waals surface area contributed by atoms with Gasteiger partial charge < -0.3 is 14.8 Å². The summed E-state index contributed by atoms with van der Waals surface area (Å²) < 4.78 is 2.69. The van der Waals surface area contributed by atoms with Crippen LogP contribution in [0.2, 0.25) is 0 Å². The van der Waals surface area contributed by atoms with Crippen molar-refractivity contribution in [3.05, 3.63) is 28.2 Å². The number of nitrogens with one attached hydrogen (secondary N) is 1. The van der Waals surface area contributed by atoms with Crippen LogP contribution in [0.15, 0.2) is 22.2 Å². The van der Waals surface area contributed by atoms with Gasteiger partial charge in [0.2, 0.25) is 11.1 Å². The number of amides is 2. The summed E-state index contributed by atoms with van der Waals surface area (Å²) in [5, 5.41) is 13.9. The van der Waals surface area contributed by atoms with E-state index in [1.54, 1.807) is 21.1 Å². The van der Waals surface area contributed by atoms with Crippen molar-refractivity contribution in [1.29, 1.82) is 0 Å². The molecule has 0 fully saturated rings. The van der Waals surface area contributed by atoms with Crippen LogP contribution in [0.4, 0.5) is 5.69 Å². The van der Waals surface area contributed by atoms with Gasteiger partial charge in [-0.3, -0.25) is 14.4 Å². The van der Waals surface area contributed by atoms with E-state index in [4.69, 9.17) is 0 Å². The molecule has 0 radical (unpaired) electrons. The topological polar surface area (TPSA) is 115 Å². The van der Waals surface area contributed by atoms with Crippen molar-refractivity contribution in [2.24, 2.45) is 14.1 Å². The molecule has 0 atom stereocenters. The van der Waals surface area contributed by atoms with Gasteiger partial charge in [-0.15, -0.1) is 5.10 Å². The van der Waals surface area contributed by atoms with Gasteiger partial charge in [0, 0.05) is 34.4 Å². The van der Waals surface area contributed by atoms with Crippen LogP contribution in [0.3, 0.4) is 0 Å². The maximum absolute atomic E-state index is 12.1. The molecule has 0 aliphatic carbocycles. The second kappa shape index (κ2) is 7.25. The Morgan fingerprint density at radius 1 is 1.33 bits per heavy atom. The number of aromatic nitrogens is 5. The quantitative estimate of drug-likeness (QED) is 0.711. The Labute approximate surface area is 141 Å². The predicted molar refractivity (Wildman–Crippen MR) is 87.9 cm³/mol. The Kier molecular flexibility index (Phi) is 5.34. The summed E-state index contributed by atoms with van der Waals surface area (Å²) in [5.41, 5.74) is -0.0431. The van der Waals surface area contributed by atoms with Crippen LogP contribution in [-0.4, -0.2) is 61.3 Å². The Morgan fingerprint density at radius 2 is 2.04 bits per heavy atom. The van der Waals surface area contributed by atoms with Crippen LogP contribution < -0.4 is 10.9 Å². The minimum absolute atomic E-state index is 0.0310. The highest BCUT2D eigenvalue weighted by molar-refractivity contribution is 7.99. The smallest absolute Gasteiger partial charge is 0.274 e. The summed E-state index contributed by atoms with van der Waals surface area (Å²) in [6, 6.07) is 1.37. The van der Waals surface area contributed by atoms with Crippen molar-refractivity contribution in [1.82, 2.24) is 29.7 Å². The third-order valence-corrected chi connectivity index (χ3v) is 4.03. The van der Waals surface area contributed by atoms with Gasteiger partial charge in [0.25, 0.3) is 11.5 Å². The van der Waals surface area contributed by atoms with Crippen molar-refractivity contribution >= 4 is 29.3 Å². The average Bonchev–Trinajstić information content (AvgIpc) is 2.93. The van der Waals surface area contributed by atoms with E-state index in [1.807, 2.05) is 0 Å². The van der Waals surface area contributed by atoms with Gasteiger partial charge in [0.15, 0.2) is 0 Å². The maximum Gasteiger partial charge on any atom is 0.274 e. The standard InChI is InChI=1S/C13H17N7O3S/c1-18(2)11(22)8-5-9(12(23)19(3)6-8)14-10(21)7-24-13-15-16-17-20(13)4/h5-6H,7H2,1-4H3,(H,14,21). The highest BCUT2D eigenvalue weighted by Gasteiger charge is 2.15. The molecule has 2 heterocycles. The first-order valence-electron chi connectivity index (χ1n) is 6.87. The molecule has 0 bridgehead atoms. The first-order valence-corrected chi connectivity index (χ1v) is 7.85. The van der Waals surface area contributed by atoms with Crippen LogP contribution >= 0.6 is 11.8 Å². The van der Waals surface area contributed by atoms with Gasteiger partial charge in [0.05, 0.1) is 11.3 Å². The largest absolute Gasteiger partial charge is 0.345 e. The molecule has 24 heavy (non-hydrogen) atoms. The van der Waals surface area contributed by atoms with E-state index >= 15 is 0 Å². The third kappa shape index (κ3) is 3.98. The lowest BCUT2D eigenvalue weighted by molar-refractivity contribution is -0.113. The van der Waals surface area contributed by atoms with E-state index in [1.165, 1.54) is 33.5 Å². The van der Waals surface area contributed by atoms with Crippen molar-refractivity contribution < 1.29 is 9.59 Å². The van der Waals surface area contributed by atoms with Gasteiger partial charge in [-0.25, -0.2) is 4.68 Å². The minimum atomic E-state index is -0.399. The molecule has 11 heteroatoms. The van der Waals surface area contributed by atoms with Crippen molar-refractivity contribution in [2.45, 2.75) is 5.16 Å². The number of carbonyl (C=O) groups excluding carboxylic acids is 2. The van der Waals surface area contributed by atoms with E-state index in [0.29, 0.717) is 10.7 Å². The van der Waals surface area contributed by atoms with Crippen LogP contribution in [0.5, 0.6) is 0 Å². The summed E-state index contributed by atoms with van der Waals surface area (Å²) >= 11 is 1.14. The van der Waals surface area contributed by atoms with Crippen LogP contribution in [0, 0.1) is 0 Å². The van der Waals surface area contributed by atoms with Crippen molar-refractivity contribution in [3.63, 3.8) is 0 Å². The molecule has 2 amide bonds.